The van der Waals surface area contributed by atoms with Crippen LogP contribution in [0.3, 0.4) is 0 Å². The fraction of sp³-hybridized carbons (Fsp3) is 0.333. The van der Waals surface area contributed by atoms with Gasteiger partial charge in [-0.05, 0) is 12.1 Å². The molecule has 2 heterocycles. The van der Waals surface area contributed by atoms with E-state index >= 15 is 0 Å². The third-order valence-corrected chi connectivity index (χ3v) is 2.06. The van der Waals surface area contributed by atoms with Crippen molar-refractivity contribution in [2.45, 2.75) is 6.54 Å². The van der Waals surface area contributed by atoms with Crippen LogP contribution < -0.4 is 0 Å². The van der Waals surface area contributed by atoms with Crippen LogP contribution in [-0.2, 0) is 16.1 Å². The molecule has 1 aromatic rings. The van der Waals surface area contributed by atoms with Crippen molar-refractivity contribution in [1.29, 1.82) is 0 Å². The van der Waals surface area contributed by atoms with Crippen molar-refractivity contribution in [2.75, 3.05) is 13.7 Å². The van der Waals surface area contributed by atoms with Gasteiger partial charge in [-0.3, -0.25) is 4.99 Å². The molecular weight excluding hydrogens is 168 g/mol. The molecule has 1 aliphatic heterocycles. The van der Waals surface area contributed by atoms with E-state index in [1.165, 1.54) is 7.11 Å². The summed E-state index contributed by atoms with van der Waals surface area (Å²) in [5, 5.41) is 0. The first-order valence-electron chi connectivity index (χ1n) is 4.11. The molecule has 0 amide bonds. The van der Waals surface area contributed by atoms with Gasteiger partial charge in [0.15, 0.2) is 5.71 Å². The predicted molar refractivity (Wildman–Crippen MR) is 47.9 cm³/mol. The Morgan fingerprint density at radius 3 is 3.31 bits per heavy atom. The lowest BCUT2D eigenvalue weighted by molar-refractivity contribution is -0.132. The fourth-order valence-corrected chi connectivity index (χ4v) is 1.44. The normalized spacial score (nSPS) is 14.7. The van der Waals surface area contributed by atoms with E-state index in [0.29, 0.717) is 12.3 Å². The molecule has 2 rings (SSSR count). The highest BCUT2D eigenvalue weighted by atomic mass is 16.5. The van der Waals surface area contributed by atoms with Gasteiger partial charge in [0.2, 0.25) is 0 Å². The molecule has 4 heteroatoms. The van der Waals surface area contributed by atoms with Gasteiger partial charge in [0.25, 0.3) is 0 Å². The second-order valence-corrected chi connectivity index (χ2v) is 2.81. The minimum Gasteiger partial charge on any atom is -0.464 e. The van der Waals surface area contributed by atoms with Crippen LogP contribution in [0.4, 0.5) is 0 Å². The lowest BCUT2D eigenvalue weighted by atomic mass is 10.2. The summed E-state index contributed by atoms with van der Waals surface area (Å²) in [6.07, 6.45) is 1.94. The van der Waals surface area contributed by atoms with Gasteiger partial charge >= 0.3 is 5.97 Å². The average Bonchev–Trinajstić information content (AvgIpc) is 2.63. The lowest BCUT2D eigenvalue weighted by Gasteiger charge is -2.13. The molecule has 4 nitrogen and oxygen atoms in total. The van der Waals surface area contributed by atoms with Crippen molar-refractivity contribution in [3.63, 3.8) is 0 Å². The van der Waals surface area contributed by atoms with Crippen LogP contribution in [0.2, 0.25) is 0 Å². The third kappa shape index (κ3) is 1.24. The molecule has 13 heavy (non-hydrogen) atoms. The first kappa shape index (κ1) is 8.04. The number of hydrogen-bond acceptors (Lipinski definition) is 3. The Morgan fingerprint density at radius 1 is 1.69 bits per heavy atom. The molecule has 0 unspecified atom stereocenters. The fourth-order valence-electron chi connectivity index (χ4n) is 1.44. The number of hydrogen-bond donors (Lipinski definition) is 0. The highest BCUT2D eigenvalue weighted by Crippen LogP contribution is 2.10. The van der Waals surface area contributed by atoms with Gasteiger partial charge in [-0.1, -0.05) is 0 Å². The van der Waals surface area contributed by atoms with Gasteiger partial charge in [0, 0.05) is 12.7 Å². The van der Waals surface area contributed by atoms with E-state index in [1.807, 2.05) is 22.9 Å². The lowest BCUT2D eigenvalue weighted by Crippen LogP contribution is -2.25. The van der Waals surface area contributed by atoms with Gasteiger partial charge in [0.05, 0.1) is 19.3 Å². The molecule has 0 aromatic carbocycles. The summed E-state index contributed by atoms with van der Waals surface area (Å²) in [6, 6.07) is 3.77. The molecule has 68 valence electrons. The smallest absolute Gasteiger partial charge is 0.358 e. The number of ether oxygens (including phenoxy) is 1. The summed E-state index contributed by atoms with van der Waals surface area (Å²) < 4.78 is 6.63. The van der Waals surface area contributed by atoms with Gasteiger partial charge < -0.3 is 9.30 Å². The number of methoxy groups -OCH3 is 1. The molecule has 0 atom stereocenters. The molecule has 1 aliphatic rings. The summed E-state index contributed by atoms with van der Waals surface area (Å²) in [7, 11) is 1.37. The maximum absolute atomic E-state index is 11.3. The topological polar surface area (TPSA) is 43.6 Å². The van der Waals surface area contributed by atoms with Crippen LogP contribution in [0.15, 0.2) is 23.3 Å². The number of carbonyl (C=O) groups is 1. The van der Waals surface area contributed by atoms with Crippen molar-refractivity contribution in [3.8, 4) is 0 Å². The first-order chi connectivity index (χ1) is 6.33. The highest BCUT2D eigenvalue weighted by Gasteiger charge is 2.20. The van der Waals surface area contributed by atoms with E-state index in [-0.39, 0.29) is 5.97 Å². The summed E-state index contributed by atoms with van der Waals surface area (Å²) in [5.41, 5.74) is 1.27. The Kier molecular flexibility index (Phi) is 1.88. The number of rotatable bonds is 1. The molecule has 0 saturated carbocycles. The van der Waals surface area contributed by atoms with Crippen LogP contribution in [0.1, 0.15) is 5.69 Å². The van der Waals surface area contributed by atoms with Gasteiger partial charge in [0.1, 0.15) is 0 Å². The molecular formula is C9H10N2O2. The Balaban J connectivity index is 2.41. The Bertz CT molecular complexity index is 365. The second-order valence-electron chi connectivity index (χ2n) is 2.81. The summed E-state index contributed by atoms with van der Waals surface area (Å²) in [4.78, 5) is 15.4. The minimum atomic E-state index is -0.361. The predicted octanol–water partition coefficient (Wildman–Crippen LogP) is 0.464. The van der Waals surface area contributed by atoms with Crippen molar-refractivity contribution >= 4 is 11.7 Å². The second kappa shape index (κ2) is 3.05. The molecule has 0 saturated heterocycles. The van der Waals surface area contributed by atoms with E-state index in [2.05, 4.69) is 9.73 Å². The number of nitrogens with zero attached hydrogens (tertiary/aromatic N) is 2. The van der Waals surface area contributed by atoms with Gasteiger partial charge in [-0.2, -0.15) is 0 Å². The van der Waals surface area contributed by atoms with E-state index in [0.717, 1.165) is 12.2 Å². The Morgan fingerprint density at radius 2 is 2.54 bits per heavy atom. The molecule has 0 bridgehead atoms. The highest BCUT2D eigenvalue weighted by molar-refractivity contribution is 6.43. The largest absolute Gasteiger partial charge is 0.464 e. The van der Waals surface area contributed by atoms with E-state index in [9.17, 15) is 4.79 Å². The first-order valence-corrected chi connectivity index (χ1v) is 4.11. The minimum absolute atomic E-state index is 0.361. The average molecular weight is 178 g/mol. The van der Waals surface area contributed by atoms with Crippen molar-refractivity contribution < 1.29 is 9.53 Å². The number of aromatic nitrogens is 1. The van der Waals surface area contributed by atoms with Crippen molar-refractivity contribution in [1.82, 2.24) is 4.57 Å². The zero-order valence-corrected chi connectivity index (χ0v) is 7.36. The summed E-state index contributed by atoms with van der Waals surface area (Å²) in [5.74, 6) is -0.361. The number of fused-ring (bicyclic) bond motifs is 1. The quantitative estimate of drug-likeness (QED) is 0.586. The van der Waals surface area contributed by atoms with Crippen LogP contribution in [0, 0.1) is 0 Å². The Hall–Kier alpha value is -1.58. The van der Waals surface area contributed by atoms with Crippen molar-refractivity contribution in [2.24, 2.45) is 4.99 Å². The monoisotopic (exact) mass is 178 g/mol. The SMILES string of the molecule is COC(=O)C1=NCCn2cccc21. The standard InChI is InChI=1S/C9H10N2O2/c1-13-9(12)8-7-3-2-5-11(7)6-4-10-8/h2-3,5H,4,6H2,1H3. The molecule has 0 spiro atoms. The number of aliphatic imine (C=N–C) groups is 1. The molecule has 0 fully saturated rings. The number of carbonyl (C=O) groups excluding carboxylic acids is 1. The molecule has 0 N–H and O–H groups in total. The van der Waals surface area contributed by atoms with Crippen LogP contribution in [0.25, 0.3) is 0 Å². The van der Waals surface area contributed by atoms with Crippen molar-refractivity contribution in [3.05, 3.63) is 24.0 Å². The molecule has 0 aliphatic carbocycles. The third-order valence-electron chi connectivity index (χ3n) is 2.06. The number of esters is 1. The zero-order chi connectivity index (χ0) is 9.26. The maximum Gasteiger partial charge on any atom is 0.358 e. The van der Waals surface area contributed by atoms with E-state index < -0.39 is 0 Å². The van der Waals surface area contributed by atoms with E-state index in [1.54, 1.807) is 0 Å². The zero-order valence-electron chi connectivity index (χ0n) is 7.36. The van der Waals surface area contributed by atoms with Gasteiger partial charge in [-0.25, -0.2) is 4.79 Å². The molecule has 1 aromatic heterocycles. The van der Waals surface area contributed by atoms with Crippen LogP contribution in [0.5, 0.6) is 0 Å². The summed E-state index contributed by atoms with van der Waals surface area (Å²) in [6.45, 7) is 1.48. The van der Waals surface area contributed by atoms with Gasteiger partial charge in [-0.15, -0.1) is 0 Å². The van der Waals surface area contributed by atoms with Crippen LogP contribution in [-0.4, -0.2) is 29.9 Å². The summed E-state index contributed by atoms with van der Waals surface area (Å²) >= 11 is 0. The maximum atomic E-state index is 11.3. The van der Waals surface area contributed by atoms with E-state index in [4.69, 9.17) is 0 Å². The molecule has 0 radical (unpaired) electrons. The Labute approximate surface area is 75.8 Å². The van der Waals surface area contributed by atoms with Crippen LogP contribution >= 0.6 is 0 Å².